The first-order valence-corrected chi connectivity index (χ1v) is 9.30. The Kier molecular flexibility index (Phi) is 7.78. The zero-order valence-corrected chi connectivity index (χ0v) is 14.4. The Morgan fingerprint density at radius 1 is 0.957 bits per heavy atom. The van der Waals surface area contributed by atoms with Crippen molar-refractivity contribution in [3.8, 4) is 0 Å². The van der Waals surface area contributed by atoms with Gasteiger partial charge in [-0.2, -0.15) is 0 Å². The number of hydrogen-bond donors (Lipinski definition) is 0. The van der Waals surface area contributed by atoms with E-state index in [1.807, 2.05) is 6.08 Å². The molecule has 128 valence electrons. The van der Waals surface area contributed by atoms with Crippen molar-refractivity contribution in [2.45, 2.75) is 71.1 Å². The van der Waals surface area contributed by atoms with Crippen LogP contribution in [0.3, 0.4) is 0 Å². The van der Waals surface area contributed by atoms with Gasteiger partial charge in [-0.25, -0.2) is 8.78 Å². The quantitative estimate of drug-likeness (QED) is 0.446. The van der Waals surface area contributed by atoms with Crippen molar-refractivity contribution in [3.63, 3.8) is 0 Å². The standard InChI is InChI=1S/C21H30F2/c1-2-3-4-7-17-10-12-18(13-11-17)8-5-6-9-19-14-15-20(22)21(23)16-19/h6,9,14-18H,2-5,7-8,10-13H2,1H3/b9-6-. The van der Waals surface area contributed by atoms with Crippen molar-refractivity contribution in [2.24, 2.45) is 11.8 Å². The summed E-state index contributed by atoms with van der Waals surface area (Å²) in [6, 6.07) is 4.07. The molecule has 1 aromatic rings. The number of rotatable bonds is 8. The normalized spacial score (nSPS) is 21.9. The first kappa shape index (κ1) is 18.2. The number of hydrogen-bond acceptors (Lipinski definition) is 0. The van der Waals surface area contributed by atoms with E-state index >= 15 is 0 Å². The molecule has 0 N–H and O–H groups in total. The molecule has 0 spiro atoms. The van der Waals surface area contributed by atoms with Gasteiger partial charge >= 0.3 is 0 Å². The Labute approximate surface area is 140 Å². The molecular weight excluding hydrogens is 290 g/mol. The van der Waals surface area contributed by atoms with Crippen LogP contribution in [0.25, 0.3) is 6.08 Å². The monoisotopic (exact) mass is 320 g/mol. The highest BCUT2D eigenvalue weighted by Gasteiger charge is 2.20. The van der Waals surface area contributed by atoms with Gasteiger partial charge in [0.1, 0.15) is 0 Å². The third-order valence-corrected chi connectivity index (χ3v) is 5.18. The van der Waals surface area contributed by atoms with E-state index in [-0.39, 0.29) is 0 Å². The molecule has 2 heteroatoms. The Bertz CT molecular complexity index is 485. The Balaban J connectivity index is 1.63. The lowest BCUT2D eigenvalue weighted by Crippen LogP contribution is -2.14. The van der Waals surface area contributed by atoms with Gasteiger partial charge < -0.3 is 0 Å². The van der Waals surface area contributed by atoms with Gasteiger partial charge in [0.25, 0.3) is 0 Å². The van der Waals surface area contributed by atoms with Gasteiger partial charge in [0.15, 0.2) is 11.6 Å². The summed E-state index contributed by atoms with van der Waals surface area (Å²) in [5, 5.41) is 0. The van der Waals surface area contributed by atoms with E-state index in [0.717, 1.165) is 23.8 Å². The van der Waals surface area contributed by atoms with Gasteiger partial charge in [-0.15, -0.1) is 0 Å². The van der Waals surface area contributed by atoms with Crippen molar-refractivity contribution in [1.29, 1.82) is 0 Å². The van der Waals surface area contributed by atoms with Crippen molar-refractivity contribution in [2.75, 3.05) is 0 Å². The molecule has 1 aliphatic rings. The van der Waals surface area contributed by atoms with Crippen LogP contribution in [-0.2, 0) is 0 Å². The number of allylic oxidation sites excluding steroid dienone is 1. The molecule has 0 nitrogen and oxygen atoms in total. The predicted molar refractivity (Wildman–Crippen MR) is 94.2 cm³/mol. The second kappa shape index (κ2) is 9.85. The minimum Gasteiger partial charge on any atom is -0.204 e. The van der Waals surface area contributed by atoms with Crippen LogP contribution in [0.5, 0.6) is 0 Å². The molecule has 0 bridgehead atoms. The van der Waals surface area contributed by atoms with Crippen LogP contribution >= 0.6 is 0 Å². The van der Waals surface area contributed by atoms with Crippen LogP contribution in [0.1, 0.15) is 76.7 Å². The van der Waals surface area contributed by atoms with Crippen LogP contribution in [0.15, 0.2) is 24.3 Å². The third kappa shape index (κ3) is 6.45. The molecule has 0 aromatic heterocycles. The molecule has 2 rings (SSSR count). The lowest BCUT2D eigenvalue weighted by Gasteiger charge is -2.28. The second-order valence-electron chi connectivity index (χ2n) is 7.04. The topological polar surface area (TPSA) is 0 Å². The highest BCUT2D eigenvalue weighted by molar-refractivity contribution is 5.48. The molecule has 1 fully saturated rings. The summed E-state index contributed by atoms with van der Waals surface area (Å²) < 4.78 is 26.0. The molecule has 1 saturated carbocycles. The SMILES string of the molecule is CCCCCC1CCC(CC/C=C\c2ccc(F)c(F)c2)CC1. The molecule has 0 radical (unpaired) electrons. The summed E-state index contributed by atoms with van der Waals surface area (Å²) in [4.78, 5) is 0. The summed E-state index contributed by atoms with van der Waals surface area (Å²) in [5.41, 5.74) is 0.739. The maximum Gasteiger partial charge on any atom is 0.159 e. The molecule has 1 aliphatic carbocycles. The molecule has 0 amide bonds. The van der Waals surface area contributed by atoms with Crippen LogP contribution in [0.4, 0.5) is 8.78 Å². The summed E-state index contributed by atoms with van der Waals surface area (Å²) in [6.07, 6.45) is 17.3. The average molecular weight is 320 g/mol. The van der Waals surface area contributed by atoms with E-state index in [4.69, 9.17) is 0 Å². The number of halogens is 2. The maximum absolute atomic E-state index is 13.1. The van der Waals surface area contributed by atoms with Gasteiger partial charge in [-0.3, -0.25) is 0 Å². The summed E-state index contributed by atoms with van der Waals surface area (Å²) in [7, 11) is 0. The molecular formula is C21H30F2. The lowest BCUT2D eigenvalue weighted by atomic mass is 9.78. The van der Waals surface area contributed by atoms with Crippen molar-refractivity contribution in [3.05, 3.63) is 41.5 Å². The van der Waals surface area contributed by atoms with E-state index in [1.54, 1.807) is 6.07 Å². The molecule has 0 saturated heterocycles. The highest BCUT2D eigenvalue weighted by Crippen LogP contribution is 2.34. The number of unbranched alkanes of at least 4 members (excludes halogenated alkanes) is 2. The molecule has 0 atom stereocenters. The molecule has 0 unspecified atom stereocenters. The second-order valence-corrected chi connectivity index (χ2v) is 7.04. The minimum absolute atomic E-state index is 0.739. The van der Waals surface area contributed by atoms with Gasteiger partial charge in [-0.05, 0) is 42.4 Å². The van der Waals surface area contributed by atoms with Gasteiger partial charge in [0, 0.05) is 0 Å². The first-order chi connectivity index (χ1) is 11.2. The average Bonchev–Trinajstić information content (AvgIpc) is 2.56. The first-order valence-electron chi connectivity index (χ1n) is 9.30. The molecule has 0 heterocycles. The van der Waals surface area contributed by atoms with Crippen LogP contribution in [-0.4, -0.2) is 0 Å². The smallest absolute Gasteiger partial charge is 0.159 e. The molecule has 23 heavy (non-hydrogen) atoms. The van der Waals surface area contributed by atoms with Crippen molar-refractivity contribution >= 4 is 6.08 Å². The van der Waals surface area contributed by atoms with Gasteiger partial charge in [0.2, 0.25) is 0 Å². The summed E-state index contributed by atoms with van der Waals surface area (Å²) in [6.45, 7) is 2.27. The van der Waals surface area contributed by atoms with E-state index < -0.39 is 11.6 Å². The summed E-state index contributed by atoms with van der Waals surface area (Å²) in [5.74, 6) is 0.272. The largest absolute Gasteiger partial charge is 0.204 e. The van der Waals surface area contributed by atoms with Crippen LogP contribution in [0.2, 0.25) is 0 Å². The van der Waals surface area contributed by atoms with E-state index in [2.05, 4.69) is 13.0 Å². The fourth-order valence-electron chi connectivity index (χ4n) is 3.66. The Hall–Kier alpha value is -1.18. The van der Waals surface area contributed by atoms with Crippen molar-refractivity contribution < 1.29 is 8.78 Å². The van der Waals surface area contributed by atoms with Crippen molar-refractivity contribution in [1.82, 2.24) is 0 Å². The zero-order chi connectivity index (χ0) is 16.5. The molecule has 0 aliphatic heterocycles. The predicted octanol–water partition coefficient (Wildman–Crippen LogP) is 7.14. The van der Waals surface area contributed by atoms with Crippen LogP contribution < -0.4 is 0 Å². The zero-order valence-electron chi connectivity index (χ0n) is 14.4. The van der Waals surface area contributed by atoms with E-state index in [0.29, 0.717) is 0 Å². The van der Waals surface area contributed by atoms with E-state index in [9.17, 15) is 8.78 Å². The highest BCUT2D eigenvalue weighted by atomic mass is 19.2. The lowest BCUT2D eigenvalue weighted by molar-refractivity contribution is 0.250. The fraction of sp³-hybridized carbons (Fsp3) is 0.619. The minimum atomic E-state index is -0.780. The van der Waals surface area contributed by atoms with E-state index in [1.165, 1.54) is 69.9 Å². The Morgan fingerprint density at radius 2 is 1.65 bits per heavy atom. The summed E-state index contributed by atoms with van der Waals surface area (Å²) >= 11 is 0. The van der Waals surface area contributed by atoms with Gasteiger partial charge in [-0.1, -0.05) is 76.5 Å². The third-order valence-electron chi connectivity index (χ3n) is 5.18. The van der Waals surface area contributed by atoms with Gasteiger partial charge in [0.05, 0.1) is 0 Å². The molecule has 1 aromatic carbocycles. The van der Waals surface area contributed by atoms with Crippen LogP contribution in [0, 0.1) is 23.5 Å². The number of benzene rings is 1. The Morgan fingerprint density at radius 3 is 2.30 bits per heavy atom. The fourth-order valence-corrected chi connectivity index (χ4v) is 3.66. The maximum atomic E-state index is 13.1.